The minimum atomic E-state index is -2.51. The van der Waals surface area contributed by atoms with E-state index in [2.05, 4.69) is 23.0 Å². The van der Waals surface area contributed by atoms with Crippen molar-refractivity contribution < 1.29 is 8.78 Å². The van der Waals surface area contributed by atoms with Gasteiger partial charge >= 0.3 is 0 Å². The van der Waals surface area contributed by atoms with Gasteiger partial charge in [0.2, 0.25) is 0 Å². The summed E-state index contributed by atoms with van der Waals surface area (Å²) in [6.07, 6.45) is 6.45. The van der Waals surface area contributed by atoms with Crippen LogP contribution in [0.5, 0.6) is 0 Å². The predicted octanol–water partition coefficient (Wildman–Crippen LogP) is 5.44. The molecular formula is C21H27F2N3. The fourth-order valence-electron chi connectivity index (χ4n) is 3.98. The maximum absolute atomic E-state index is 13.9. The number of benzene rings is 1. The standard InChI is InChI=1S/C21H27F2N3/c1-5-8-16(6-2)26-10-7-9-15-11-17(18(21(22)23)12-20(15)26)19-13-25(4)24-14(19)3/h5,8,11-13,16,21H,6-7,9-10H2,1-4H3/b8-5+. The lowest BCUT2D eigenvalue weighted by atomic mass is 9.91. The Kier molecular flexibility index (Phi) is 5.44. The summed E-state index contributed by atoms with van der Waals surface area (Å²) < 4.78 is 29.5. The molecule has 2 heterocycles. The topological polar surface area (TPSA) is 21.1 Å². The van der Waals surface area contributed by atoms with Crippen molar-refractivity contribution >= 4 is 5.69 Å². The maximum atomic E-state index is 13.9. The highest BCUT2D eigenvalue weighted by molar-refractivity contribution is 5.75. The summed E-state index contributed by atoms with van der Waals surface area (Å²) in [6.45, 7) is 6.92. The molecule has 0 aliphatic carbocycles. The Balaban J connectivity index is 2.15. The van der Waals surface area contributed by atoms with Gasteiger partial charge in [0.25, 0.3) is 6.43 Å². The molecule has 1 atom stereocenters. The summed E-state index contributed by atoms with van der Waals surface area (Å²) in [5.41, 5.74) is 4.40. The van der Waals surface area contributed by atoms with Crippen LogP contribution in [0.4, 0.5) is 14.5 Å². The van der Waals surface area contributed by atoms with Crippen molar-refractivity contribution in [3.05, 3.63) is 47.3 Å². The number of aromatic nitrogens is 2. The first kappa shape index (κ1) is 18.6. The molecule has 1 unspecified atom stereocenters. The van der Waals surface area contributed by atoms with Gasteiger partial charge in [-0.1, -0.05) is 19.1 Å². The largest absolute Gasteiger partial charge is 0.365 e. The van der Waals surface area contributed by atoms with E-state index in [4.69, 9.17) is 0 Å². The van der Waals surface area contributed by atoms with E-state index in [1.54, 1.807) is 10.7 Å². The highest BCUT2D eigenvalue weighted by atomic mass is 19.3. The van der Waals surface area contributed by atoms with Crippen LogP contribution in [0.25, 0.3) is 11.1 Å². The van der Waals surface area contributed by atoms with Crippen LogP contribution >= 0.6 is 0 Å². The van der Waals surface area contributed by atoms with E-state index < -0.39 is 6.43 Å². The zero-order valence-corrected chi connectivity index (χ0v) is 16.0. The lowest BCUT2D eigenvalue weighted by molar-refractivity contribution is 0.152. The Hall–Kier alpha value is -2.17. The van der Waals surface area contributed by atoms with Gasteiger partial charge in [-0.15, -0.1) is 0 Å². The van der Waals surface area contributed by atoms with Crippen LogP contribution in [0.2, 0.25) is 0 Å². The summed E-state index contributed by atoms with van der Waals surface area (Å²) in [4.78, 5) is 2.28. The molecule has 0 fully saturated rings. The molecule has 3 nitrogen and oxygen atoms in total. The highest BCUT2D eigenvalue weighted by Crippen LogP contribution is 2.40. The summed E-state index contributed by atoms with van der Waals surface area (Å²) in [5.74, 6) is 0. The first-order valence-corrected chi connectivity index (χ1v) is 9.31. The number of allylic oxidation sites excluding steroid dienone is 1. The van der Waals surface area contributed by atoms with Crippen molar-refractivity contribution in [2.24, 2.45) is 7.05 Å². The van der Waals surface area contributed by atoms with Crippen LogP contribution in [0.1, 0.15) is 49.9 Å². The monoisotopic (exact) mass is 359 g/mol. The van der Waals surface area contributed by atoms with Crippen molar-refractivity contribution in [2.45, 2.75) is 52.5 Å². The van der Waals surface area contributed by atoms with E-state index in [1.165, 1.54) is 0 Å². The van der Waals surface area contributed by atoms with Gasteiger partial charge in [-0.05, 0) is 56.4 Å². The smallest absolute Gasteiger partial charge is 0.264 e. The van der Waals surface area contributed by atoms with Gasteiger partial charge in [0.15, 0.2) is 0 Å². The molecule has 0 saturated carbocycles. The Labute approximate surface area is 154 Å². The molecule has 2 aromatic rings. The molecule has 3 rings (SSSR count). The van der Waals surface area contributed by atoms with Gasteiger partial charge in [0, 0.05) is 42.6 Å². The number of nitrogens with zero attached hydrogens (tertiary/aromatic N) is 3. The second-order valence-corrected chi connectivity index (χ2v) is 6.97. The van der Waals surface area contributed by atoms with Crippen molar-refractivity contribution in [2.75, 3.05) is 11.4 Å². The Morgan fingerprint density at radius 2 is 2.04 bits per heavy atom. The van der Waals surface area contributed by atoms with Gasteiger partial charge in [-0.2, -0.15) is 5.10 Å². The zero-order chi connectivity index (χ0) is 18.8. The molecule has 1 aliphatic rings. The lowest BCUT2D eigenvalue weighted by Crippen LogP contribution is -2.37. The third kappa shape index (κ3) is 3.39. The van der Waals surface area contributed by atoms with Gasteiger partial charge in [0.1, 0.15) is 0 Å². The summed E-state index contributed by atoms with van der Waals surface area (Å²) in [7, 11) is 1.82. The quantitative estimate of drug-likeness (QED) is 0.663. The van der Waals surface area contributed by atoms with Crippen molar-refractivity contribution in [1.29, 1.82) is 0 Å². The van der Waals surface area contributed by atoms with E-state index in [0.29, 0.717) is 5.56 Å². The highest BCUT2D eigenvalue weighted by Gasteiger charge is 2.26. The Morgan fingerprint density at radius 1 is 1.27 bits per heavy atom. The first-order valence-electron chi connectivity index (χ1n) is 9.31. The molecule has 26 heavy (non-hydrogen) atoms. The van der Waals surface area contributed by atoms with Gasteiger partial charge < -0.3 is 4.90 Å². The number of anilines is 1. The maximum Gasteiger partial charge on any atom is 0.264 e. The van der Waals surface area contributed by atoms with Crippen LogP contribution in [0.3, 0.4) is 0 Å². The number of fused-ring (bicyclic) bond motifs is 1. The lowest BCUT2D eigenvalue weighted by Gasteiger charge is -2.37. The zero-order valence-electron chi connectivity index (χ0n) is 16.0. The van der Waals surface area contributed by atoms with Crippen LogP contribution in [-0.4, -0.2) is 22.4 Å². The van der Waals surface area contributed by atoms with E-state index in [1.807, 2.05) is 39.2 Å². The average Bonchev–Trinajstić information content (AvgIpc) is 2.96. The van der Waals surface area contributed by atoms with Crippen LogP contribution < -0.4 is 4.90 Å². The van der Waals surface area contributed by atoms with Crippen molar-refractivity contribution in [3.8, 4) is 11.1 Å². The van der Waals surface area contributed by atoms with E-state index >= 15 is 0 Å². The van der Waals surface area contributed by atoms with Gasteiger partial charge in [-0.25, -0.2) is 8.78 Å². The van der Waals surface area contributed by atoms with Gasteiger partial charge in [0.05, 0.1) is 5.69 Å². The average molecular weight is 359 g/mol. The number of halogens is 2. The molecular weight excluding hydrogens is 332 g/mol. The van der Waals surface area contributed by atoms with Crippen LogP contribution in [0.15, 0.2) is 30.5 Å². The number of hydrogen-bond donors (Lipinski definition) is 0. The van der Waals surface area contributed by atoms with Crippen LogP contribution in [-0.2, 0) is 13.5 Å². The number of rotatable bonds is 5. The predicted molar refractivity (Wildman–Crippen MR) is 103 cm³/mol. The van der Waals surface area contributed by atoms with E-state index in [9.17, 15) is 8.78 Å². The fourth-order valence-corrected chi connectivity index (χ4v) is 3.98. The molecule has 1 aromatic carbocycles. The summed E-state index contributed by atoms with van der Waals surface area (Å²) >= 11 is 0. The van der Waals surface area contributed by atoms with E-state index in [0.717, 1.165) is 48.3 Å². The second-order valence-electron chi connectivity index (χ2n) is 6.97. The Bertz CT molecular complexity index is 808. The molecule has 0 saturated heterocycles. The molecule has 5 heteroatoms. The number of hydrogen-bond acceptors (Lipinski definition) is 2. The summed E-state index contributed by atoms with van der Waals surface area (Å²) in [5, 5.41) is 4.33. The second kappa shape index (κ2) is 7.60. The van der Waals surface area contributed by atoms with Crippen molar-refractivity contribution in [1.82, 2.24) is 9.78 Å². The third-order valence-corrected chi connectivity index (χ3v) is 5.18. The van der Waals surface area contributed by atoms with Crippen LogP contribution in [0, 0.1) is 6.92 Å². The number of aryl methyl sites for hydroxylation is 3. The molecule has 0 bridgehead atoms. The molecule has 1 aromatic heterocycles. The fraction of sp³-hybridized carbons (Fsp3) is 0.476. The molecule has 140 valence electrons. The van der Waals surface area contributed by atoms with E-state index in [-0.39, 0.29) is 11.6 Å². The first-order chi connectivity index (χ1) is 12.5. The molecule has 1 aliphatic heterocycles. The van der Waals surface area contributed by atoms with Gasteiger partial charge in [-0.3, -0.25) is 4.68 Å². The van der Waals surface area contributed by atoms with Crippen molar-refractivity contribution in [3.63, 3.8) is 0 Å². The normalized spacial score (nSPS) is 15.7. The number of alkyl halides is 2. The Morgan fingerprint density at radius 3 is 2.62 bits per heavy atom. The third-order valence-electron chi connectivity index (χ3n) is 5.18. The SMILES string of the molecule is C/C=C/C(CC)N1CCCc2cc(-c3cn(C)nc3C)c(C(F)F)cc21. The minimum absolute atomic E-state index is 0.0991. The summed E-state index contributed by atoms with van der Waals surface area (Å²) in [6, 6.07) is 3.93. The minimum Gasteiger partial charge on any atom is -0.365 e. The molecule has 0 radical (unpaired) electrons. The molecule has 0 amide bonds. The molecule has 0 N–H and O–H groups in total. The molecule has 0 spiro atoms.